The van der Waals surface area contributed by atoms with Crippen molar-refractivity contribution in [2.45, 2.75) is 64.5 Å². The Morgan fingerprint density at radius 2 is 2.08 bits per heavy atom. The van der Waals surface area contributed by atoms with E-state index >= 15 is 0 Å². The van der Waals surface area contributed by atoms with Gasteiger partial charge in [-0.05, 0) is 32.3 Å². The molecule has 1 aromatic rings. The maximum Gasteiger partial charge on any atom is 0.191 e. The fourth-order valence-electron chi connectivity index (χ4n) is 3.00. The Morgan fingerprint density at radius 3 is 2.79 bits per heavy atom. The van der Waals surface area contributed by atoms with Crippen LogP contribution in [0, 0.1) is 0 Å². The number of aromatic nitrogens is 2. The summed E-state index contributed by atoms with van der Waals surface area (Å²) in [6.45, 7) is 6.21. The molecule has 0 atom stereocenters. The second kappa shape index (κ2) is 11.9. The molecule has 0 aromatic carbocycles. The van der Waals surface area contributed by atoms with Gasteiger partial charge in [-0.1, -0.05) is 25.7 Å². The van der Waals surface area contributed by atoms with E-state index in [2.05, 4.69) is 27.6 Å². The van der Waals surface area contributed by atoms with E-state index in [1.54, 1.807) is 0 Å². The topological polar surface area (TPSA) is 63.5 Å². The molecule has 1 saturated carbocycles. The van der Waals surface area contributed by atoms with E-state index in [0.717, 1.165) is 45.2 Å². The third-order valence-electron chi connectivity index (χ3n) is 4.27. The van der Waals surface area contributed by atoms with Crippen molar-refractivity contribution in [2.75, 3.05) is 26.2 Å². The van der Waals surface area contributed by atoms with Gasteiger partial charge in [-0.25, -0.2) is 0 Å². The molecular weight excluding hydrogens is 302 g/mol. The summed E-state index contributed by atoms with van der Waals surface area (Å²) in [6.07, 6.45) is 13.1. The van der Waals surface area contributed by atoms with Gasteiger partial charge in [0.1, 0.15) is 0 Å². The van der Waals surface area contributed by atoms with Gasteiger partial charge in [-0.2, -0.15) is 5.10 Å². The fourth-order valence-corrected chi connectivity index (χ4v) is 3.00. The molecule has 0 amide bonds. The Bertz CT molecular complexity index is 438. The Balaban J connectivity index is 1.59. The minimum absolute atomic E-state index is 0.461. The second-order valence-corrected chi connectivity index (χ2v) is 6.29. The Hall–Kier alpha value is -1.56. The normalized spacial score (nSPS) is 16.8. The summed E-state index contributed by atoms with van der Waals surface area (Å²) in [4.78, 5) is 4.61. The molecule has 1 fully saturated rings. The van der Waals surface area contributed by atoms with Crippen LogP contribution in [0.15, 0.2) is 23.5 Å². The van der Waals surface area contributed by atoms with Crippen molar-refractivity contribution in [3.8, 4) is 0 Å². The number of nitrogens with zero attached hydrogens (tertiary/aromatic N) is 3. The molecule has 2 rings (SSSR count). The lowest BCUT2D eigenvalue weighted by Crippen LogP contribution is -2.39. The molecule has 1 aromatic heterocycles. The van der Waals surface area contributed by atoms with E-state index in [1.807, 2.05) is 23.1 Å². The van der Waals surface area contributed by atoms with Crippen LogP contribution in [0.5, 0.6) is 0 Å². The molecule has 0 aliphatic heterocycles. The van der Waals surface area contributed by atoms with E-state index in [0.29, 0.717) is 6.10 Å². The molecular formula is C18H33N5O. The summed E-state index contributed by atoms with van der Waals surface area (Å²) in [7, 11) is 0. The molecule has 6 nitrogen and oxygen atoms in total. The van der Waals surface area contributed by atoms with E-state index in [4.69, 9.17) is 4.74 Å². The second-order valence-electron chi connectivity index (χ2n) is 6.29. The van der Waals surface area contributed by atoms with Crippen LogP contribution in [-0.2, 0) is 11.3 Å². The first-order valence-corrected chi connectivity index (χ1v) is 9.49. The van der Waals surface area contributed by atoms with Gasteiger partial charge in [0.25, 0.3) is 0 Å². The maximum absolute atomic E-state index is 6.01. The van der Waals surface area contributed by atoms with Crippen LogP contribution in [0.25, 0.3) is 0 Å². The van der Waals surface area contributed by atoms with Crippen LogP contribution >= 0.6 is 0 Å². The lowest BCUT2D eigenvalue weighted by atomic mass is 10.1. The standard InChI is InChI=1S/C18H33N5O/c1-2-19-18(20-11-7-14-23-15-8-12-22-23)21-13-16-24-17-9-5-3-4-6-10-17/h8,12,15,17H,2-7,9-11,13-14,16H2,1H3,(H2,19,20,21). The number of guanidine groups is 1. The van der Waals surface area contributed by atoms with Crippen LogP contribution in [0.4, 0.5) is 0 Å². The highest BCUT2D eigenvalue weighted by molar-refractivity contribution is 5.79. The summed E-state index contributed by atoms with van der Waals surface area (Å²) in [5.74, 6) is 0.877. The van der Waals surface area contributed by atoms with Gasteiger partial charge in [0.2, 0.25) is 0 Å². The predicted molar refractivity (Wildman–Crippen MR) is 98.3 cm³/mol. The number of nitrogens with one attached hydrogen (secondary N) is 2. The molecule has 1 aliphatic carbocycles. The molecule has 2 N–H and O–H groups in total. The average molecular weight is 335 g/mol. The van der Waals surface area contributed by atoms with E-state index in [1.165, 1.54) is 38.5 Å². The molecule has 1 heterocycles. The molecule has 0 unspecified atom stereocenters. The van der Waals surface area contributed by atoms with E-state index in [9.17, 15) is 0 Å². The summed E-state index contributed by atoms with van der Waals surface area (Å²) in [5.41, 5.74) is 0. The minimum Gasteiger partial charge on any atom is -0.376 e. The largest absolute Gasteiger partial charge is 0.376 e. The first-order valence-electron chi connectivity index (χ1n) is 9.49. The SMILES string of the molecule is CCNC(=NCCCn1cccn1)NCCOC1CCCCCC1. The highest BCUT2D eigenvalue weighted by atomic mass is 16.5. The van der Waals surface area contributed by atoms with Crippen molar-refractivity contribution in [1.82, 2.24) is 20.4 Å². The third-order valence-corrected chi connectivity index (χ3v) is 4.27. The number of aryl methyl sites for hydroxylation is 1. The number of rotatable bonds is 9. The van der Waals surface area contributed by atoms with Crippen LogP contribution in [0.3, 0.4) is 0 Å². The highest BCUT2D eigenvalue weighted by Crippen LogP contribution is 2.19. The monoisotopic (exact) mass is 335 g/mol. The van der Waals surface area contributed by atoms with Gasteiger partial charge < -0.3 is 15.4 Å². The summed E-state index contributed by atoms with van der Waals surface area (Å²) < 4.78 is 7.95. The van der Waals surface area contributed by atoms with Crippen LogP contribution < -0.4 is 10.6 Å². The summed E-state index contributed by atoms with van der Waals surface area (Å²) in [6, 6.07) is 1.95. The molecule has 6 heteroatoms. The molecule has 0 radical (unpaired) electrons. The fraction of sp³-hybridized carbons (Fsp3) is 0.778. The summed E-state index contributed by atoms with van der Waals surface area (Å²) in [5, 5.41) is 10.8. The van der Waals surface area contributed by atoms with Crippen molar-refractivity contribution in [3.05, 3.63) is 18.5 Å². The van der Waals surface area contributed by atoms with E-state index in [-0.39, 0.29) is 0 Å². The maximum atomic E-state index is 6.01. The van der Waals surface area contributed by atoms with Crippen molar-refractivity contribution in [2.24, 2.45) is 4.99 Å². The van der Waals surface area contributed by atoms with Gasteiger partial charge in [-0.15, -0.1) is 0 Å². The molecule has 1 aliphatic rings. The zero-order valence-corrected chi connectivity index (χ0v) is 15.0. The van der Waals surface area contributed by atoms with E-state index < -0.39 is 0 Å². The number of aliphatic imine (C=N–C) groups is 1. The Kier molecular flexibility index (Phi) is 9.31. The molecule has 0 bridgehead atoms. The Morgan fingerprint density at radius 1 is 1.25 bits per heavy atom. The smallest absolute Gasteiger partial charge is 0.191 e. The van der Waals surface area contributed by atoms with Crippen LogP contribution in [0.1, 0.15) is 51.9 Å². The lowest BCUT2D eigenvalue weighted by molar-refractivity contribution is 0.0468. The predicted octanol–water partition coefficient (Wildman–Crippen LogP) is 2.57. The van der Waals surface area contributed by atoms with Gasteiger partial charge in [-0.3, -0.25) is 9.67 Å². The first kappa shape index (κ1) is 18.8. The third kappa shape index (κ3) is 7.81. The first-order chi connectivity index (χ1) is 11.9. The van der Waals surface area contributed by atoms with Crippen molar-refractivity contribution in [3.63, 3.8) is 0 Å². The van der Waals surface area contributed by atoms with Crippen molar-refractivity contribution >= 4 is 5.96 Å². The van der Waals surface area contributed by atoms with Gasteiger partial charge in [0.15, 0.2) is 5.96 Å². The van der Waals surface area contributed by atoms with Crippen molar-refractivity contribution in [1.29, 1.82) is 0 Å². The minimum atomic E-state index is 0.461. The van der Waals surface area contributed by atoms with Crippen LogP contribution in [0.2, 0.25) is 0 Å². The molecule has 0 saturated heterocycles. The molecule has 136 valence electrons. The lowest BCUT2D eigenvalue weighted by Gasteiger charge is -2.16. The average Bonchev–Trinajstić information content (AvgIpc) is 2.97. The summed E-state index contributed by atoms with van der Waals surface area (Å²) >= 11 is 0. The van der Waals surface area contributed by atoms with Crippen molar-refractivity contribution < 1.29 is 4.74 Å². The molecule has 0 spiro atoms. The zero-order valence-electron chi connectivity index (χ0n) is 15.0. The van der Waals surface area contributed by atoms with Gasteiger partial charge >= 0.3 is 0 Å². The molecule has 24 heavy (non-hydrogen) atoms. The van der Waals surface area contributed by atoms with Gasteiger partial charge in [0, 0.05) is 38.6 Å². The zero-order chi connectivity index (χ0) is 16.9. The van der Waals surface area contributed by atoms with Crippen LogP contribution in [-0.4, -0.2) is 48.1 Å². The number of hydrogen-bond acceptors (Lipinski definition) is 3. The number of hydrogen-bond donors (Lipinski definition) is 2. The quantitative estimate of drug-likeness (QED) is 0.315. The van der Waals surface area contributed by atoms with Gasteiger partial charge in [0.05, 0.1) is 12.7 Å². The number of ether oxygens (including phenoxy) is 1. The Labute approximate surface area is 146 Å². The highest BCUT2D eigenvalue weighted by Gasteiger charge is 2.12.